The zero-order valence-corrected chi connectivity index (χ0v) is 14.9. The van der Waals surface area contributed by atoms with E-state index in [9.17, 15) is 9.59 Å². The van der Waals surface area contributed by atoms with E-state index in [-0.39, 0.29) is 18.0 Å². The Morgan fingerprint density at radius 3 is 2.60 bits per heavy atom. The van der Waals surface area contributed by atoms with Crippen molar-refractivity contribution in [3.63, 3.8) is 0 Å². The number of carbonyl (C=O) groups excluding carboxylic acids is 2. The Hall–Kier alpha value is -2.76. The third kappa shape index (κ3) is 3.38. The minimum absolute atomic E-state index is 0.0621. The second-order valence-corrected chi connectivity index (χ2v) is 6.31. The molecule has 1 fully saturated rings. The molecule has 0 radical (unpaired) electrons. The van der Waals surface area contributed by atoms with Gasteiger partial charge >= 0.3 is 6.03 Å². The van der Waals surface area contributed by atoms with Gasteiger partial charge in [-0.2, -0.15) is 0 Å². The maximum Gasteiger partial charge on any atom is 0.321 e. The topological polar surface area (TPSA) is 66.4 Å². The minimum Gasteiger partial charge on any atom is -0.354 e. The van der Waals surface area contributed by atoms with Crippen molar-refractivity contribution in [3.05, 3.63) is 53.3 Å². The van der Waals surface area contributed by atoms with Crippen molar-refractivity contribution in [2.75, 3.05) is 18.0 Å². The number of benzene rings is 1. The quantitative estimate of drug-likeness (QED) is 0.879. The molecule has 0 aliphatic carbocycles. The first kappa shape index (κ1) is 17.1. The number of rotatable bonds is 5. The molecule has 6 nitrogen and oxygen atoms in total. The van der Waals surface area contributed by atoms with E-state index in [1.165, 1.54) is 0 Å². The molecule has 0 bridgehead atoms. The number of aromatic nitrogens is 1. The van der Waals surface area contributed by atoms with Crippen molar-refractivity contribution in [3.8, 4) is 0 Å². The van der Waals surface area contributed by atoms with Crippen LogP contribution in [0.1, 0.15) is 41.5 Å². The average Bonchev–Trinajstić information content (AvgIpc) is 3.20. The van der Waals surface area contributed by atoms with Gasteiger partial charge in [-0.3, -0.25) is 9.69 Å². The van der Waals surface area contributed by atoms with Crippen LogP contribution in [-0.2, 0) is 13.5 Å². The summed E-state index contributed by atoms with van der Waals surface area (Å²) < 4.78 is 1.98. The van der Waals surface area contributed by atoms with Crippen molar-refractivity contribution in [1.82, 2.24) is 15.2 Å². The van der Waals surface area contributed by atoms with E-state index >= 15 is 0 Å². The number of carbonyl (C=O) groups is 2. The number of aryl methyl sites for hydroxylation is 1. The molecule has 1 atom stereocenters. The molecule has 2 heterocycles. The molecule has 0 saturated carbocycles. The van der Waals surface area contributed by atoms with Gasteiger partial charge in [0.05, 0.1) is 11.6 Å². The Balaban J connectivity index is 1.69. The van der Waals surface area contributed by atoms with E-state index in [0.717, 1.165) is 28.9 Å². The van der Waals surface area contributed by atoms with Crippen LogP contribution in [0.5, 0.6) is 0 Å². The Labute approximate surface area is 147 Å². The van der Waals surface area contributed by atoms with Gasteiger partial charge in [0.1, 0.15) is 0 Å². The standard InChI is InChI=1S/C19H24N4O2/c1-4-17-16(9-11-22(17)3)18(24)21-13(2)14-5-7-15(8-6-14)23-12-10-20-19(23)25/h5-9,11,13H,4,10,12H2,1-3H3,(H,20,25)(H,21,24). The van der Waals surface area contributed by atoms with Crippen molar-refractivity contribution < 1.29 is 9.59 Å². The Morgan fingerprint density at radius 2 is 2.00 bits per heavy atom. The summed E-state index contributed by atoms with van der Waals surface area (Å²) in [4.78, 5) is 26.0. The van der Waals surface area contributed by atoms with Crippen LogP contribution in [0.25, 0.3) is 0 Å². The Kier molecular flexibility index (Phi) is 4.79. The molecule has 1 unspecified atom stereocenters. The van der Waals surface area contributed by atoms with Gasteiger partial charge in [0.25, 0.3) is 5.91 Å². The van der Waals surface area contributed by atoms with Crippen LogP contribution in [0.3, 0.4) is 0 Å². The van der Waals surface area contributed by atoms with Crippen LogP contribution >= 0.6 is 0 Å². The van der Waals surface area contributed by atoms with Crippen LogP contribution in [0.2, 0.25) is 0 Å². The molecule has 1 saturated heterocycles. The molecule has 1 aromatic heterocycles. The highest BCUT2D eigenvalue weighted by Gasteiger charge is 2.21. The summed E-state index contributed by atoms with van der Waals surface area (Å²) in [6.07, 6.45) is 2.72. The maximum absolute atomic E-state index is 12.6. The highest BCUT2D eigenvalue weighted by molar-refractivity contribution is 5.96. The molecule has 1 aliphatic heterocycles. The normalized spacial score (nSPS) is 15.2. The predicted octanol–water partition coefficient (Wildman–Crippen LogP) is 2.61. The number of hydrogen-bond acceptors (Lipinski definition) is 2. The number of anilines is 1. The summed E-state index contributed by atoms with van der Waals surface area (Å²) in [7, 11) is 1.95. The van der Waals surface area contributed by atoms with Crippen molar-refractivity contribution in [2.45, 2.75) is 26.3 Å². The Bertz CT molecular complexity index is 779. The van der Waals surface area contributed by atoms with Gasteiger partial charge in [-0.1, -0.05) is 19.1 Å². The summed E-state index contributed by atoms with van der Waals surface area (Å²) in [6, 6.07) is 9.43. The summed E-state index contributed by atoms with van der Waals surface area (Å²) >= 11 is 0. The first-order chi connectivity index (χ1) is 12.0. The number of urea groups is 1. The van der Waals surface area contributed by atoms with Crippen LogP contribution in [0.4, 0.5) is 10.5 Å². The molecule has 2 aromatic rings. The number of nitrogens with zero attached hydrogens (tertiary/aromatic N) is 2. The molecule has 132 valence electrons. The predicted molar refractivity (Wildman–Crippen MR) is 97.9 cm³/mol. The third-order valence-electron chi connectivity index (χ3n) is 4.69. The van der Waals surface area contributed by atoms with Gasteiger partial charge in [-0.05, 0) is 37.1 Å². The lowest BCUT2D eigenvalue weighted by atomic mass is 10.1. The molecule has 2 N–H and O–H groups in total. The van der Waals surface area contributed by atoms with E-state index in [1.807, 2.05) is 62.0 Å². The van der Waals surface area contributed by atoms with Crippen LogP contribution in [-0.4, -0.2) is 29.6 Å². The smallest absolute Gasteiger partial charge is 0.321 e. The first-order valence-corrected chi connectivity index (χ1v) is 8.61. The number of amides is 3. The summed E-state index contributed by atoms with van der Waals surface area (Å²) in [5.41, 5.74) is 3.63. The second-order valence-electron chi connectivity index (χ2n) is 6.31. The number of hydrogen-bond donors (Lipinski definition) is 2. The van der Waals surface area contributed by atoms with E-state index in [2.05, 4.69) is 10.6 Å². The molecular weight excluding hydrogens is 316 g/mol. The van der Waals surface area contributed by atoms with Crippen molar-refractivity contribution >= 4 is 17.6 Å². The molecule has 25 heavy (non-hydrogen) atoms. The lowest BCUT2D eigenvalue weighted by Gasteiger charge is -2.18. The fourth-order valence-electron chi connectivity index (χ4n) is 3.23. The van der Waals surface area contributed by atoms with Crippen molar-refractivity contribution in [1.29, 1.82) is 0 Å². The lowest BCUT2D eigenvalue weighted by molar-refractivity contribution is 0.0939. The van der Waals surface area contributed by atoms with E-state index < -0.39 is 0 Å². The Morgan fingerprint density at radius 1 is 1.28 bits per heavy atom. The molecule has 1 aromatic carbocycles. The van der Waals surface area contributed by atoms with Gasteiger partial charge in [0.15, 0.2) is 0 Å². The lowest BCUT2D eigenvalue weighted by Crippen LogP contribution is -2.28. The monoisotopic (exact) mass is 340 g/mol. The largest absolute Gasteiger partial charge is 0.354 e. The first-order valence-electron chi connectivity index (χ1n) is 8.61. The fraction of sp³-hybridized carbons (Fsp3) is 0.368. The molecule has 3 rings (SSSR count). The van der Waals surface area contributed by atoms with Gasteiger partial charge in [0.2, 0.25) is 0 Å². The van der Waals surface area contributed by atoms with E-state index in [4.69, 9.17) is 0 Å². The summed E-state index contributed by atoms with van der Waals surface area (Å²) in [5, 5.41) is 5.84. The van der Waals surface area contributed by atoms with Gasteiger partial charge in [-0.25, -0.2) is 4.79 Å². The summed E-state index contributed by atoms with van der Waals surface area (Å²) in [6.45, 7) is 5.36. The highest BCUT2D eigenvalue weighted by atomic mass is 16.2. The SMILES string of the molecule is CCc1c(C(=O)NC(C)c2ccc(N3CCNC3=O)cc2)ccn1C. The minimum atomic E-state index is -0.112. The fourth-order valence-corrected chi connectivity index (χ4v) is 3.23. The van der Waals surface area contributed by atoms with Crippen LogP contribution in [0, 0.1) is 0 Å². The van der Waals surface area contributed by atoms with E-state index in [0.29, 0.717) is 13.1 Å². The van der Waals surface area contributed by atoms with Gasteiger partial charge < -0.3 is 15.2 Å². The molecule has 3 amide bonds. The van der Waals surface area contributed by atoms with Crippen LogP contribution < -0.4 is 15.5 Å². The zero-order chi connectivity index (χ0) is 18.0. The average molecular weight is 340 g/mol. The van der Waals surface area contributed by atoms with Crippen LogP contribution in [0.15, 0.2) is 36.5 Å². The molecule has 1 aliphatic rings. The zero-order valence-electron chi connectivity index (χ0n) is 14.9. The van der Waals surface area contributed by atoms with Crippen molar-refractivity contribution in [2.24, 2.45) is 7.05 Å². The highest BCUT2D eigenvalue weighted by Crippen LogP contribution is 2.21. The molecule has 6 heteroatoms. The third-order valence-corrected chi connectivity index (χ3v) is 4.69. The molecular formula is C19H24N4O2. The van der Waals surface area contributed by atoms with E-state index in [1.54, 1.807) is 4.90 Å². The van der Waals surface area contributed by atoms with Gasteiger partial charge in [0, 0.05) is 37.7 Å². The number of nitrogens with one attached hydrogen (secondary N) is 2. The second kappa shape index (κ2) is 7.01. The van der Waals surface area contributed by atoms with Gasteiger partial charge in [-0.15, -0.1) is 0 Å². The molecule has 0 spiro atoms. The summed E-state index contributed by atoms with van der Waals surface area (Å²) in [5.74, 6) is -0.0621. The maximum atomic E-state index is 12.6.